The maximum Gasteiger partial charge on any atom is 0.360 e. The van der Waals surface area contributed by atoms with Gasteiger partial charge in [-0.05, 0) is 25.7 Å². The lowest BCUT2D eigenvalue weighted by atomic mass is 10.2. The number of carbonyl (C=O) groups is 2. The van der Waals surface area contributed by atoms with Crippen molar-refractivity contribution in [2.24, 2.45) is 0 Å². The summed E-state index contributed by atoms with van der Waals surface area (Å²) in [5.41, 5.74) is 0.210. The second-order valence-corrected chi connectivity index (χ2v) is 8.57. The van der Waals surface area contributed by atoms with Gasteiger partial charge in [-0.3, -0.25) is 0 Å². The van der Waals surface area contributed by atoms with Gasteiger partial charge in [0, 0.05) is 13.1 Å². The lowest BCUT2D eigenvalue weighted by Crippen LogP contribution is -2.21. The van der Waals surface area contributed by atoms with Crippen LogP contribution in [0.1, 0.15) is 126 Å². The van der Waals surface area contributed by atoms with Crippen LogP contribution in [0.2, 0.25) is 0 Å². The van der Waals surface area contributed by atoms with Crippen LogP contribution >= 0.6 is 0 Å². The lowest BCUT2D eigenvalue weighted by molar-refractivity contribution is 0.0475. The summed E-state index contributed by atoms with van der Waals surface area (Å²) in [6.45, 7) is 10.4. The number of esters is 2. The Bertz CT molecular complexity index is 653. The molecule has 2 N–H and O–H groups in total. The first-order valence-corrected chi connectivity index (χ1v) is 13.3. The molecule has 34 heavy (non-hydrogen) atoms. The molecule has 8 heteroatoms. The average molecular weight is 479 g/mol. The van der Waals surface area contributed by atoms with Gasteiger partial charge in [0.1, 0.15) is 0 Å². The van der Waals surface area contributed by atoms with Crippen molar-refractivity contribution in [3.63, 3.8) is 0 Å². The van der Waals surface area contributed by atoms with Crippen LogP contribution in [0.5, 0.6) is 0 Å². The van der Waals surface area contributed by atoms with E-state index in [0.717, 1.165) is 77.0 Å². The lowest BCUT2D eigenvalue weighted by Gasteiger charge is -2.16. The van der Waals surface area contributed by atoms with Gasteiger partial charge in [0.05, 0.1) is 13.2 Å². The number of aromatic nitrogens is 2. The summed E-state index contributed by atoms with van der Waals surface area (Å²) in [6.07, 6.45) is 11.8. The van der Waals surface area contributed by atoms with Gasteiger partial charge in [0.25, 0.3) is 0 Å². The molecule has 1 heterocycles. The molecule has 0 atom stereocenters. The van der Waals surface area contributed by atoms with Crippen LogP contribution < -0.4 is 10.6 Å². The Balaban J connectivity index is 3.16. The van der Waals surface area contributed by atoms with Crippen LogP contribution in [0.15, 0.2) is 0 Å². The molecule has 0 radical (unpaired) electrons. The number of rotatable bonds is 20. The first-order chi connectivity index (χ1) is 16.6. The molecule has 1 rings (SSSR count). The Morgan fingerprint density at radius 2 is 0.941 bits per heavy atom. The van der Waals surface area contributed by atoms with Crippen LogP contribution in [-0.2, 0) is 9.47 Å². The standard InChI is InChI=1S/C26H46N4O4/c1-5-9-13-17-27-23-21(25(31)33-19-15-11-7-3)30-24(28-18-14-10-6-2)22(29-23)26(32)34-20-16-12-8-4/h5-20H2,1-4H3,(H,27,29)(H,28,30). The van der Waals surface area contributed by atoms with Gasteiger partial charge in [-0.2, -0.15) is 0 Å². The maximum atomic E-state index is 12.9. The topological polar surface area (TPSA) is 102 Å². The number of hydrogen-bond donors (Lipinski definition) is 2. The van der Waals surface area contributed by atoms with Crippen molar-refractivity contribution in [1.29, 1.82) is 0 Å². The van der Waals surface area contributed by atoms with E-state index in [2.05, 4.69) is 48.3 Å². The van der Waals surface area contributed by atoms with Crippen molar-refractivity contribution in [2.45, 2.75) is 105 Å². The van der Waals surface area contributed by atoms with E-state index < -0.39 is 11.9 Å². The van der Waals surface area contributed by atoms with E-state index in [1.807, 2.05) is 0 Å². The summed E-state index contributed by atoms with van der Waals surface area (Å²) in [4.78, 5) is 34.8. The quantitative estimate of drug-likeness (QED) is 0.164. The van der Waals surface area contributed by atoms with E-state index >= 15 is 0 Å². The maximum absolute atomic E-state index is 12.9. The zero-order chi connectivity index (χ0) is 25.0. The third-order valence-corrected chi connectivity index (χ3v) is 5.39. The summed E-state index contributed by atoms with van der Waals surface area (Å²) in [5, 5.41) is 6.39. The monoisotopic (exact) mass is 478 g/mol. The fourth-order valence-corrected chi connectivity index (χ4v) is 3.30. The Hall–Kier alpha value is -2.38. The molecule has 0 saturated carbocycles. The molecule has 0 aliphatic heterocycles. The number of anilines is 2. The minimum atomic E-state index is -0.527. The zero-order valence-corrected chi connectivity index (χ0v) is 21.8. The number of unbranched alkanes of at least 4 members (excludes halogenated alkanes) is 8. The van der Waals surface area contributed by atoms with Crippen molar-refractivity contribution >= 4 is 23.6 Å². The van der Waals surface area contributed by atoms with E-state index in [0.29, 0.717) is 26.3 Å². The highest BCUT2D eigenvalue weighted by Crippen LogP contribution is 2.21. The number of carbonyl (C=O) groups excluding carboxylic acids is 2. The molecule has 0 saturated heterocycles. The number of ether oxygens (including phenoxy) is 2. The van der Waals surface area contributed by atoms with Crippen LogP contribution in [-0.4, -0.2) is 48.2 Å². The largest absolute Gasteiger partial charge is 0.461 e. The van der Waals surface area contributed by atoms with Gasteiger partial charge >= 0.3 is 11.9 Å². The fourth-order valence-electron chi connectivity index (χ4n) is 3.30. The highest BCUT2D eigenvalue weighted by molar-refractivity contribution is 5.97. The van der Waals surface area contributed by atoms with Gasteiger partial charge in [0.2, 0.25) is 0 Å². The van der Waals surface area contributed by atoms with Crippen LogP contribution in [0.4, 0.5) is 11.6 Å². The molecule has 0 fully saturated rings. The number of hydrogen-bond acceptors (Lipinski definition) is 8. The van der Waals surface area contributed by atoms with Crippen molar-refractivity contribution in [1.82, 2.24) is 9.97 Å². The van der Waals surface area contributed by atoms with E-state index in [-0.39, 0.29) is 23.0 Å². The normalized spacial score (nSPS) is 10.7. The summed E-state index contributed by atoms with van der Waals surface area (Å²) >= 11 is 0. The first kappa shape index (κ1) is 29.7. The van der Waals surface area contributed by atoms with Crippen molar-refractivity contribution in [3.8, 4) is 0 Å². The third kappa shape index (κ3) is 11.7. The summed E-state index contributed by atoms with van der Waals surface area (Å²) in [6, 6.07) is 0. The van der Waals surface area contributed by atoms with E-state index in [4.69, 9.17) is 9.47 Å². The van der Waals surface area contributed by atoms with Crippen molar-refractivity contribution in [2.75, 3.05) is 36.9 Å². The molecule has 0 bridgehead atoms. The molecule has 0 amide bonds. The van der Waals surface area contributed by atoms with Gasteiger partial charge in [-0.1, -0.05) is 79.1 Å². The average Bonchev–Trinajstić information content (AvgIpc) is 2.84. The minimum Gasteiger partial charge on any atom is -0.461 e. The summed E-state index contributed by atoms with van der Waals surface area (Å²) in [5.74, 6) is -0.505. The van der Waals surface area contributed by atoms with Crippen LogP contribution in [0.25, 0.3) is 0 Å². The van der Waals surface area contributed by atoms with E-state index in [9.17, 15) is 9.59 Å². The third-order valence-electron chi connectivity index (χ3n) is 5.39. The number of nitrogens with zero attached hydrogens (tertiary/aromatic N) is 2. The Kier molecular flexibility index (Phi) is 16.6. The molecule has 0 unspecified atom stereocenters. The predicted octanol–water partition coefficient (Wildman–Crippen LogP) is 6.37. The molecule has 0 aromatic carbocycles. The van der Waals surface area contributed by atoms with Gasteiger partial charge in [0.15, 0.2) is 23.0 Å². The number of nitrogens with one attached hydrogen (secondary N) is 2. The smallest absolute Gasteiger partial charge is 0.360 e. The molecular weight excluding hydrogens is 432 g/mol. The Morgan fingerprint density at radius 3 is 1.29 bits per heavy atom. The summed E-state index contributed by atoms with van der Waals surface area (Å²) in [7, 11) is 0. The molecule has 8 nitrogen and oxygen atoms in total. The molecule has 0 spiro atoms. The Labute approximate surface area is 206 Å². The highest BCUT2D eigenvalue weighted by Gasteiger charge is 2.25. The highest BCUT2D eigenvalue weighted by atomic mass is 16.5. The first-order valence-electron chi connectivity index (χ1n) is 13.3. The van der Waals surface area contributed by atoms with Gasteiger partial charge in [-0.25, -0.2) is 19.6 Å². The molecule has 1 aromatic heterocycles. The second kappa shape index (κ2) is 19.0. The zero-order valence-electron chi connectivity index (χ0n) is 21.8. The minimum absolute atomic E-state index is 0.105. The van der Waals surface area contributed by atoms with Gasteiger partial charge in [-0.15, -0.1) is 0 Å². The van der Waals surface area contributed by atoms with Gasteiger partial charge < -0.3 is 20.1 Å². The second-order valence-electron chi connectivity index (χ2n) is 8.57. The predicted molar refractivity (Wildman–Crippen MR) is 138 cm³/mol. The van der Waals surface area contributed by atoms with Crippen LogP contribution in [0.3, 0.4) is 0 Å². The molecule has 194 valence electrons. The van der Waals surface area contributed by atoms with Crippen molar-refractivity contribution < 1.29 is 19.1 Å². The van der Waals surface area contributed by atoms with Crippen molar-refractivity contribution in [3.05, 3.63) is 11.4 Å². The van der Waals surface area contributed by atoms with E-state index in [1.165, 1.54) is 0 Å². The molecule has 0 aliphatic rings. The molecular formula is C26H46N4O4. The van der Waals surface area contributed by atoms with Crippen LogP contribution in [0, 0.1) is 0 Å². The summed E-state index contributed by atoms with van der Waals surface area (Å²) < 4.78 is 10.9. The molecule has 1 aromatic rings. The Morgan fingerprint density at radius 1 is 0.588 bits per heavy atom. The fraction of sp³-hybridized carbons (Fsp3) is 0.769. The SMILES string of the molecule is CCCCCNc1nc(C(=O)OCCCCC)c(NCCCCC)nc1C(=O)OCCCCC. The van der Waals surface area contributed by atoms with E-state index in [1.54, 1.807) is 0 Å². The molecule has 0 aliphatic carbocycles.